The lowest BCUT2D eigenvalue weighted by atomic mass is 9.80. The highest BCUT2D eigenvalue weighted by Crippen LogP contribution is 2.28. The van der Waals surface area contributed by atoms with Crippen molar-refractivity contribution in [2.24, 2.45) is 0 Å². The van der Waals surface area contributed by atoms with Gasteiger partial charge in [0.25, 0.3) is 0 Å². The molecule has 0 aliphatic carbocycles. The number of hydrogen-bond acceptors (Lipinski definition) is 2. The predicted molar refractivity (Wildman–Crippen MR) is 76.8 cm³/mol. The van der Waals surface area contributed by atoms with Gasteiger partial charge in [-0.3, -0.25) is 0 Å². The first-order valence-corrected chi connectivity index (χ1v) is 6.57. The number of aryl methyl sites for hydroxylation is 1. The van der Waals surface area contributed by atoms with Crippen molar-refractivity contribution in [3.8, 4) is 6.07 Å². The molecule has 0 bridgehead atoms. The van der Waals surface area contributed by atoms with Gasteiger partial charge in [-0.05, 0) is 29.5 Å². The van der Waals surface area contributed by atoms with Crippen LogP contribution in [0.5, 0.6) is 0 Å². The Kier molecular flexibility index (Phi) is 4.93. The minimum atomic E-state index is 0.0475. The second-order valence-corrected chi connectivity index (χ2v) is 5.87. The quantitative estimate of drug-likeness (QED) is 0.635. The fraction of sp³-hybridized carbons (Fsp3) is 0.562. The molecule has 2 heteroatoms. The van der Waals surface area contributed by atoms with Crippen molar-refractivity contribution in [1.29, 1.82) is 5.26 Å². The molecule has 1 aromatic rings. The van der Waals surface area contributed by atoms with Gasteiger partial charge in [0.15, 0.2) is 0 Å². The molecule has 1 rings (SSSR count). The number of nitrogens with one attached hydrogen (secondary N) is 1. The molecule has 0 unspecified atom stereocenters. The molecular formula is C16H24N2. The van der Waals surface area contributed by atoms with E-state index in [2.05, 4.69) is 64.2 Å². The van der Waals surface area contributed by atoms with Crippen LogP contribution in [0.2, 0.25) is 0 Å². The van der Waals surface area contributed by atoms with Crippen LogP contribution >= 0.6 is 0 Å². The zero-order valence-electron chi connectivity index (χ0n) is 12.2. The fourth-order valence-corrected chi connectivity index (χ4v) is 2.25. The Hall–Kier alpha value is -1.33. The number of nitrogens with zero attached hydrogens (tertiary/aromatic N) is 1. The second-order valence-electron chi connectivity index (χ2n) is 5.87. The van der Waals surface area contributed by atoms with E-state index in [0.717, 1.165) is 6.54 Å². The van der Waals surface area contributed by atoms with Crippen LogP contribution in [0.4, 0.5) is 0 Å². The van der Waals surface area contributed by atoms with Crippen molar-refractivity contribution in [3.63, 3.8) is 0 Å². The third kappa shape index (κ3) is 3.58. The molecule has 0 radical (unpaired) electrons. The van der Waals surface area contributed by atoms with Gasteiger partial charge in [-0.1, -0.05) is 45.9 Å². The van der Waals surface area contributed by atoms with Gasteiger partial charge in [0.2, 0.25) is 0 Å². The molecule has 0 spiro atoms. The molecule has 0 aromatic heterocycles. The van der Waals surface area contributed by atoms with Gasteiger partial charge in [-0.15, -0.1) is 0 Å². The first-order chi connectivity index (χ1) is 8.38. The van der Waals surface area contributed by atoms with E-state index in [1.165, 1.54) is 16.7 Å². The normalized spacial score (nSPS) is 11.6. The van der Waals surface area contributed by atoms with E-state index in [1.807, 2.05) is 0 Å². The van der Waals surface area contributed by atoms with Crippen LogP contribution in [0, 0.1) is 18.3 Å². The summed E-state index contributed by atoms with van der Waals surface area (Å²) in [4.78, 5) is 0. The zero-order valence-corrected chi connectivity index (χ0v) is 12.2. The summed E-state index contributed by atoms with van der Waals surface area (Å²) >= 11 is 0. The number of rotatable bonds is 5. The summed E-state index contributed by atoms with van der Waals surface area (Å²) in [6, 6.07) is 8.85. The van der Waals surface area contributed by atoms with Crippen LogP contribution in [0.3, 0.4) is 0 Å². The second kappa shape index (κ2) is 6.02. The van der Waals surface area contributed by atoms with Crippen molar-refractivity contribution >= 4 is 0 Å². The summed E-state index contributed by atoms with van der Waals surface area (Å²) in [5.74, 6) is 0.548. The Morgan fingerprint density at radius 3 is 2.56 bits per heavy atom. The Bertz CT molecular complexity index is 439. The first kappa shape index (κ1) is 14.7. The summed E-state index contributed by atoms with van der Waals surface area (Å²) in [6.07, 6.45) is 0. The molecule has 0 aliphatic rings. The molecule has 2 nitrogen and oxygen atoms in total. The summed E-state index contributed by atoms with van der Waals surface area (Å²) in [5.41, 5.74) is 4.12. The largest absolute Gasteiger partial charge is 0.304 e. The molecule has 98 valence electrons. The Balaban J connectivity index is 2.99. The highest BCUT2D eigenvalue weighted by molar-refractivity contribution is 5.37. The van der Waals surface area contributed by atoms with Gasteiger partial charge in [0.05, 0.1) is 12.6 Å². The highest BCUT2D eigenvalue weighted by Gasteiger charge is 2.22. The Labute approximate surface area is 111 Å². The number of nitriles is 1. The lowest BCUT2D eigenvalue weighted by Gasteiger charge is -2.28. The predicted octanol–water partition coefficient (Wildman–Crippen LogP) is 3.51. The average Bonchev–Trinajstić information content (AvgIpc) is 2.29. The van der Waals surface area contributed by atoms with Gasteiger partial charge in [0.1, 0.15) is 0 Å². The SMILES string of the molecule is Cc1ccc(C(C)C)cc1C(C)(C)CNCC#N. The van der Waals surface area contributed by atoms with E-state index in [-0.39, 0.29) is 5.41 Å². The van der Waals surface area contributed by atoms with Crippen LogP contribution < -0.4 is 5.32 Å². The molecule has 0 aliphatic heterocycles. The molecule has 0 amide bonds. The van der Waals surface area contributed by atoms with Crippen LogP contribution in [0.1, 0.15) is 50.3 Å². The molecule has 18 heavy (non-hydrogen) atoms. The molecule has 1 N–H and O–H groups in total. The van der Waals surface area contributed by atoms with E-state index in [9.17, 15) is 0 Å². The van der Waals surface area contributed by atoms with E-state index in [0.29, 0.717) is 12.5 Å². The molecule has 0 heterocycles. The average molecular weight is 244 g/mol. The van der Waals surface area contributed by atoms with Crippen LogP contribution in [-0.4, -0.2) is 13.1 Å². The molecular weight excluding hydrogens is 220 g/mol. The van der Waals surface area contributed by atoms with Crippen LogP contribution in [0.15, 0.2) is 18.2 Å². The van der Waals surface area contributed by atoms with Crippen molar-refractivity contribution in [1.82, 2.24) is 5.32 Å². The summed E-state index contributed by atoms with van der Waals surface area (Å²) in [6.45, 7) is 12.3. The van der Waals surface area contributed by atoms with Crippen LogP contribution in [0.25, 0.3) is 0 Å². The standard InChI is InChI=1S/C16H24N2/c1-12(2)14-7-6-13(3)15(10-14)16(4,5)11-18-9-8-17/h6-7,10,12,18H,9,11H2,1-5H3. The van der Waals surface area contributed by atoms with E-state index in [4.69, 9.17) is 5.26 Å². The number of benzene rings is 1. The number of hydrogen-bond donors (Lipinski definition) is 1. The molecule has 0 saturated heterocycles. The lowest BCUT2D eigenvalue weighted by molar-refractivity contribution is 0.481. The van der Waals surface area contributed by atoms with Gasteiger partial charge in [-0.25, -0.2) is 0 Å². The van der Waals surface area contributed by atoms with Crippen LogP contribution in [-0.2, 0) is 5.41 Å². The van der Waals surface area contributed by atoms with Gasteiger partial charge < -0.3 is 5.32 Å². The maximum atomic E-state index is 8.59. The smallest absolute Gasteiger partial charge is 0.0841 e. The van der Waals surface area contributed by atoms with Gasteiger partial charge in [-0.2, -0.15) is 5.26 Å². The molecule has 0 saturated carbocycles. The van der Waals surface area contributed by atoms with Crippen molar-refractivity contribution in [2.45, 2.75) is 46.0 Å². The Morgan fingerprint density at radius 2 is 2.00 bits per heavy atom. The van der Waals surface area contributed by atoms with Gasteiger partial charge in [0, 0.05) is 12.0 Å². The minimum Gasteiger partial charge on any atom is -0.304 e. The highest BCUT2D eigenvalue weighted by atomic mass is 14.9. The molecule has 0 atom stereocenters. The Morgan fingerprint density at radius 1 is 1.33 bits per heavy atom. The third-order valence-electron chi connectivity index (χ3n) is 3.43. The van der Waals surface area contributed by atoms with Crippen molar-refractivity contribution < 1.29 is 0 Å². The maximum Gasteiger partial charge on any atom is 0.0841 e. The fourth-order valence-electron chi connectivity index (χ4n) is 2.25. The third-order valence-corrected chi connectivity index (χ3v) is 3.43. The lowest BCUT2D eigenvalue weighted by Crippen LogP contribution is -2.33. The monoisotopic (exact) mass is 244 g/mol. The maximum absolute atomic E-state index is 8.59. The molecule has 1 aromatic carbocycles. The summed E-state index contributed by atoms with van der Waals surface area (Å²) in [7, 11) is 0. The molecule has 0 fully saturated rings. The van der Waals surface area contributed by atoms with E-state index < -0.39 is 0 Å². The zero-order chi connectivity index (χ0) is 13.8. The minimum absolute atomic E-state index is 0.0475. The first-order valence-electron chi connectivity index (χ1n) is 6.57. The van der Waals surface area contributed by atoms with E-state index >= 15 is 0 Å². The van der Waals surface area contributed by atoms with Gasteiger partial charge >= 0.3 is 0 Å². The van der Waals surface area contributed by atoms with Crippen molar-refractivity contribution in [2.75, 3.05) is 13.1 Å². The van der Waals surface area contributed by atoms with E-state index in [1.54, 1.807) is 0 Å². The summed E-state index contributed by atoms with van der Waals surface area (Å²) < 4.78 is 0. The summed E-state index contributed by atoms with van der Waals surface area (Å²) in [5, 5.41) is 11.8. The van der Waals surface area contributed by atoms with Crippen molar-refractivity contribution in [3.05, 3.63) is 34.9 Å². The topological polar surface area (TPSA) is 35.8 Å².